The molecule has 0 radical (unpaired) electrons. The highest BCUT2D eigenvalue weighted by atomic mass is 16.4. The van der Waals surface area contributed by atoms with Crippen LogP contribution in [-0.2, 0) is 13.5 Å². The molecule has 1 atom stereocenters. The van der Waals surface area contributed by atoms with Crippen LogP contribution < -0.4 is 0 Å². The summed E-state index contributed by atoms with van der Waals surface area (Å²) in [5.41, 5.74) is 4.23. The minimum Gasteiger partial charge on any atom is -0.431 e. The number of aromatic nitrogens is 7. The number of imidazole rings is 1. The molecule has 1 amide bonds. The van der Waals surface area contributed by atoms with Gasteiger partial charge < -0.3 is 14.3 Å². The maximum Gasteiger partial charge on any atom is 0.292 e. The van der Waals surface area contributed by atoms with Gasteiger partial charge in [-0.2, -0.15) is 10.2 Å². The van der Waals surface area contributed by atoms with Crippen molar-refractivity contribution in [1.82, 2.24) is 39.2 Å². The van der Waals surface area contributed by atoms with E-state index in [9.17, 15) is 4.79 Å². The molecule has 1 N–H and O–H groups in total. The fourth-order valence-electron chi connectivity index (χ4n) is 4.07. The molecule has 31 heavy (non-hydrogen) atoms. The lowest BCUT2D eigenvalue weighted by atomic mass is 9.99. The fraction of sp³-hybridized carbons (Fsp3) is 0.190. The fourth-order valence-corrected chi connectivity index (χ4v) is 4.07. The van der Waals surface area contributed by atoms with Gasteiger partial charge in [-0.3, -0.25) is 9.48 Å². The number of pyridine rings is 1. The second kappa shape index (κ2) is 6.66. The Labute approximate surface area is 176 Å². The molecular formula is C21H18N8O2. The molecule has 1 aliphatic rings. The molecule has 1 aliphatic heterocycles. The number of hydrogen-bond acceptors (Lipinski definition) is 6. The van der Waals surface area contributed by atoms with Crippen LogP contribution in [0.3, 0.4) is 0 Å². The minimum atomic E-state index is -0.422. The van der Waals surface area contributed by atoms with E-state index in [1.165, 1.54) is 6.20 Å². The van der Waals surface area contributed by atoms with Crippen LogP contribution in [0.15, 0.2) is 59.8 Å². The van der Waals surface area contributed by atoms with Crippen molar-refractivity contribution in [1.29, 1.82) is 0 Å². The summed E-state index contributed by atoms with van der Waals surface area (Å²) in [7, 11) is 1.81. The van der Waals surface area contributed by atoms with Crippen LogP contribution in [0.5, 0.6) is 0 Å². The number of aryl methyl sites for hydroxylation is 1. The lowest BCUT2D eigenvalue weighted by molar-refractivity contribution is 0.0655. The molecule has 0 saturated carbocycles. The predicted molar refractivity (Wildman–Crippen MR) is 109 cm³/mol. The molecule has 10 heteroatoms. The first-order chi connectivity index (χ1) is 15.2. The van der Waals surface area contributed by atoms with Gasteiger partial charge in [-0.1, -0.05) is 6.07 Å². The number of amides is 1. The molecule has 6 heterocycles. The van der Waals surface area contributed by atoms with Crippen molar-refractivity contribution in [2.75, 3.05) is 6.54 Å². The highest BCUT2D eigenvalue weighted by Crippen LogP contribution is 2.34. The van der Waals surface area contributed by atoms with E-state index in [2.05, 4.69) is 20.1 Å². The molecule has 6 rings (SSSR count). The van der Waals surface area contributed by atoms with Crippen molar-refractivity contribution < 1.29 is 9.21 Å². The first-order valence-corrected chi connectivity index (χ1v) is 9.89. The molecule has 0 aromatic carbocycles. The summed E-state index contributed by atoms with van der Waals surface area (Å²) in [6.07, 6.45) is 9.12. The van der Waals surface area contributed by atoms with E-state index in [0.29, 0.717) is 24.4 Å². The smallest absolute Gasteiger partial charge is 0.292 e. The van der Waals surface area contributed by atoms with Gasteiger partial charge in [-0.15, -0.1) is 0 Å². The third kappa shape index (κ3) is 2.83. The van der Waals surface area contributed by atoms with E-state index in [-0.39, 0.29) is 11.7 Å². The quantitative estimate of drug-likeness (QED) is 0.485. The number of carbonyl (C=O) groups excluding carboxylic acids is 1. The topological polar surface area (TPSA) is 110 Å². The largest absolute Gasteiger partial charge is 0.431 e. The molecule has 0 fully saturated rings. The van der Waals surface area contributed by atoms with E-state index in [4.69, 9.17) is 9.52 Å². The molecule has 10 nitrogen and oxygen atoms in total. The van der Waals surface area contributed by atoms with Gasteiger partial charge in [0.05, 0.1) is 41.2 Å². The normalized spacial score (nSPS) is 16.0. The van der Waals surface area contributed by atoms with Crippen LogP contribution in [0.2, 0.25) is 0 Å². The maximum atomic E-state index is 13.5. The Balaban J connectivity index is 1.40. The first-order valence-electron chi connectivity index (χ1n) is 9.89. The Morgan fingerprint density at radius 2 is 2.19 bits per heavy atom. The number of oxazole rings is 1. The third-order valence-electron chi connectivity index (χ3n) is 5.52. The van der Waals surface area contributed by atoms with Crippen molar-refractivity contribution in [3.05, 3.63) is 78.2 Å². The average molecular weight is 414 g/mol. The lowest BCUT2D eigenvalue weighted by Crippen LogP contribution is -2.40. The van der Waals surface area contributed by atoms with E-state index >= 15 is 0 Å². The first kappa shape index (κ1) is 17.6. The van der Waals surface area contributed by atoms with Gasteiger partial charge in [0.15, 0.2) is 0 Å². The second-order valence-electron chi connectivity index (χ2n) is 7.49. The van der Waals surface area contributed by atoms with Crippen molar-refractivity contribution in [3.8, 4) is 11.5 Å². The van der Waals surface area contributed by atoms with Crippen LogP contribution in [0.1, 0.15) is 33.7 Å². The Kier molecular flexibility index (Phi) is 3.79. The summed E-state index contributed by atoms with van der Waals surface area (Å²) in [5.74, 6) is 0.281. The minimum absolute atomic E-state index is 0.173. The van der Waals surface area contributed by atoms with Crippen LogP contribution in [0.25, 0.3) is 17.0 Å². The zero-order valence-corrected chi connectivity index (χ0v) is 16.6. The number of aromatic amines is 1. The second-order valence-corrected chi connectivity index (χ2v) is 7.49. The number of nitrogens with one attached hydrogen (secondary N) is 1. The average Bonchev–Trinajstić information content (AvgIpc) is 3.57. The summed E-state index contributed by atoms with van der Waals surface area (Å²) < 4.78 is 9.26. The van der Waals surface area contributed by atoms with Gasteiger partial charge >= 0.3 is 0 Å². The number of fused-ring (bicyclic) bond motifs is 2. The third-order valence-corrected chi connectivity index (χ3v) is 5.52. The van der Waals surface area contributed by atoms with Crippen molar-refractivity contribution in [2.24, 2.45) is 7.05 Å². The molecular weight excluding hydrogens is 396 g/mol. The van der Waals surface area contributed by atoms with Gasteiger partial charge in [-0.25, -0.2) is 14.5 Å². The molecule has 0 bridgehead atoms. The Morgan fingerprint density at radius 1 is 1.26 bits per heavy atom. The maximum absolute atomic E-state index is 13.5. The standard InChI is InChI=1S/C21H18N8O2/c1-27-11-13(9-25-27)20-22-10-17(31-20)21(30)28-7-5-15-18(24-12-23-15)19(28)16-8-14-4-2-3-6-29(14)26-16/h2-4,6,8-12,19H,5,7H2,1H3,(H,23,24). The number of hydrogen-bond donors (Lipinski definition) is 1. The van der Waals surface area contributed by atoms with E-state index < -0.39 is 6.04 Å². The number of H-pyrrole nitrogens is 1. The lowest BCUT2D eigenvalue weighted by Gasteiger charge is -2.33. The van der Waals surface area contributed by atoms with Crippen LogP contribution in [-0.4, -0.2) is 51.7 Å². The number of nitrogens with zero attached hydrogens (tertiary/aromatic N) is 7. The summed E-state index contributed by atoms with van der Waals surface area (Å²) >= 11 is 0. The van der Waals surface area contributed by atoms with Crippen molar-refractivity contribution in [2.45, 2.75) is 12.5 Å². The molecule has 5 aromatic heterocycles. The van der Waals surface area contributed by atoms with Gasteiger partial charge in [-0.05, 0) is 18.2 Å². The van der Waals surface area contributed by atoms with Crippen molar-refractivity contribution >= 4 is 11.4 Å². The van der Waals surface area contributed by atoms with E-state index in [1.54, 1.807) is 32.8 Å². The van der Waals surface area contributed by atoms with Gasteiger partial charge in [0.1, 0.15) is 6.04 Å². The zero-order chi connectivity index (χ0) is 20.9. The Morgan fingerprint density at radius 3 is 3.03 bits per heavy atom. The summed E-state index contributed by atoms with van der Waals surface area (Å²) in [6, 6.07) is 7.42. The molecule has 0 spiro atoms. The van der Waals surface area contributed by atoms with E-state index in [0.717, 1.165) is 22.6 Å². The van der Waals surface area contributed by atoms with E-state index in [1.807, 2.05) is 37.5 Å². The monoisotopic (exact) mass is 414 g/mol. The summed E-state index contributed by atoms with van der Waals surface area (Å²) in [4.78, 5) is 27.2. The van der Waals surface area contributed by atoms with Gasteiger partial charge in [0.2, 0.25) is 11.7 Å². The number of rotatable bonds is 3. The van der Waals surface area contributed by atoms with Crippen LogP contribution >= 0.6 is 0 Å². The SMILES string of the molecule is Cn1cc(-c2ncc(C(=O)N3CCc4[nH]cnc4C3c3cc4ccccn4n3)o2)cn1. The van der Waals surface area contributed by atoms with Crippen molar-refractivity contribution in [3.63, 3.8) is 0 Å². The Bertz CT molecular complexity index is 1370. The van der Waals surface area contributed by atoms with Crippen LogP contribution in [0.4, 0.5) is 0 Å². The highest BCUT2D eigenvalue weighted by molar-refractivity contribution is 5.92. The molecule has 5 aromatic rings. The summed E-state index contributed by atoms with van der Waals surface area (Å²) in [6.45, 7) is 0.509. The number of carbonyl (C=O) groups is 1. The summed E-state index contributed by atoms with van der Waals surface area (Å²) in [5, 5.41) is 8.84. The molecule has 154 valence electrons. The Hall–Kier alpha value is -4.21. The zero-order valence-electron chi connectivity index (χ0n) is 16.6. The molecule has 0 saturated heterocycles. The van der Waals surface area contributed by atoms with Gasteiger partial charge in [0, 0.05) is 38.1 Å². The molecule has 0 aliphatic carbocycles. The van der Waals surface area contributed by atoms with Crippen LogP contribution in [0, 0.1) is 0 Å². The van der Waals surface area contributed by atoms with Gasteiger partial charge in [0.25, 0.3) is 5.91 Å². The highest BCUT2D eigenvalue weighted by Gasteiger charge is 2.37. The predicted octanol–water partition coefficient (Wildman–Crippen LogP) is 2.23. The molecule has 1 unspecified atom stereocenters.